The highest BCUT2D eigenvalue weighted by atomic mass is 16.2. The lowest BCUT2D eigenvalue weighted by molar-refractivity contribution is -0.131. The van der Waals surface area contributed by atoms with Crippen molar-refractivity contribution < 1.29 is 4.79 Å². The van der Waals surface area contributed by atoms with Gasteiger partial charge in [0.1, 0.15) is 0 Å². The molecule has 3 nitrogen and oxygen atoms in total. The molecule has 1 aliphatic rings. The van der Waals surface area contributed by atoms with Gasteiger partial charge in [-0.3, -0.25) is 4.79 Å². The molecule has 0 radical (unpaired) electrons. The van der Waals surface area contributed by atoms with Crippen LogP contribution in [0.4, 0.5) is 0 Å². The first-order valence-electron chi connectivity index (χ1n) is 8.48. The Bertz CT molecular complexity index is 538. The molecule has 0 aromatic heterocycles. The van der Waals surface area contributed by atoms with Gasteiger partial charge in [0.05, 0.1) is 0 Å². The van der Waals surface area contributed by atoms with Gasteiger partial charge >= 0.3 is 0 Å². The highest BCUT2D eigenvalue weighted by Crippen LogP contribution is 2.22. The Morgan fingerprint density at radius 3 is 2.55 bits per heavy atom. The van der Waals surface area contributed by atoms with Crippen molar-refractivity contribution in [2.45, 2.75) is 60.0 Å². The van der Waals surface area contributed by atoms with Crippen molar-refractivity contribution in [3.05, 3.63) is 34.4 Å². The van der Waals surface area contributed by atoms with E-state index in [-0.39, 0.29) is 5.91 Å². The van der Waals surface area contributed by atoms with Crippen LogP contribution >= 0.6 is 0 Å². The molecule has 1 aliphatic heterocycles. The van der Waals surface area contributed by atoms with Crippen LogP contribution in [0.3, 0.4) is 0 Å². The quantitative estimate of drug-likeness (QED) is 0.925. The first-order valence-corrected chi connectivity index (χ1v) is 8.48. The SMILES string of the molecule is CCC1CN(C(C)=O)CCC1NCc1cc(C)c(C)cc1C. The van der Waals surface area contributed by atoms with Crippen LogP contribution in [-0.2, 0) is 11.3 Å². The Kier molecular flexibility index (Phi) is 5.63. The van der Waals surface area contributed by atoms with E-state index in [9.17, 15) is 4.79 Å². The van der Waals surface area contributed by atoms with Crippen molar-refractivity contribution in [1.82, 2.24) is 10.2 Å². The van der Waals surface area contributed by atoms with Crippen LogP contribution in [0.1, 0.15) is 48.9 Å². The summed E-state index contributed by atoms with van der Waals surface area (Å²) >= 11 is 0. The number of aryl methyl sites for hydroxylation is 3. The molecule has 0 aliphatic carbocycles. The van der Waals surface area contributed by atoms with Crippen LogP contribution in [0.5, 0.6) is 0 Å². The van der Waals surface area contributed by atoms with E-state index in [0.717, 1.165) is 32.5 Å². The van der Waals surface area contributed by atoms with E-state index in [1.807, 2.05) is 4.90 Å². The fraction of sp³-hybridized carbons (Fsp3) is 0.632. The predicted molar refractivity (Wildman–Crippen MR) is 91.9 cm³/mol. The van der Waals surface area contributed by atoms with Crippen molar-refractivity contribution >= 4 is 5.91 Å². The van der Waals surface area contributed by atoms with E-state index in [0.29, 0.717) is 12.0 Å². The Morgan fingerprint density at radius 2 is 1.91 bits per heavy atom. The summed E-state index contributed by atoms with van der Waals surface area (Å²) in [5.41, 5.74) is 5.49. The Balaban J connectivity index is 1.99. The first-order chi connectivity index (χ1) is 10.4. The second-order valence-electron chi connectivity index (χ2n) is 6.77. The van der Waals surface area contributed by atoms with E-state index < -0.39 is 0 Å². The van der Waals surface area contributed by atoms with Gasteiger partial charge in [0, 0.05) is 32.6 Å². The molecule has 122 valence electrons. The zero-order valence-electron chi connectivity index (χ0n) is 14.7. The van der Waals surface area contributed by atoms with Gasteiger partial charge in [-0.05, 0) is 55.4 Å². The summed E-state index contributed by atoms with van der Waals surface area (Å²) < 4.78 is 0. The minimum atomic E-state index is 0.210. The van der Waals surface area contributed by atoms with Crippen LogP contribution in [0.15, 0.2) is 12.1 Å². The van der Waals surface area contributed by atoms with Gasteiger partial charge < -0.3 is 10.2 Å². The first kappa shape index (κ1) is 17.0. The monoisotopic (exact) mass is 302 g/mol. The Hall–Kier alpha value is -1.35. The maximum absolute atomic E-state index is 11.6. The number of likely N-dealkylation sites (tertiary alicyclic amines) is 1. The Morgan fingerprint density at radius 1 is 1.23 bits per heavy atom. The number of nitrogens with one attached hydrogen (secondary N) is 1. The zero-order chi connectivity index (χ0) is 16.3. The molecule has 1 N–H and O–H groups in total. The molecule has 1 aromatic carbocycles. The molecule has 3 heteroatoms. The van der Waals surface area contributed by atoms with E-state index >= 15 is 0 Å². The molecule has 0 spiro atoms. The lowest BCUT2D eigenvalue weighted by Crippen LogP contribution is -2.50. The van der Waals surface area contributed by atoms with Gasteiger partial charge in [-0.1, -0.05) is 25.5 Å². The van der Waals surface area contributed by atoms with Gasteiger partial charge in [0.15, 0.2) is 0 Å². The molecule has 1 fully saturated rings. The van der Waals surface area contributed by atoms with Gasteiger partial charge in [0.2, 0.25) is 5.91 Å². The zero-order valence-corrected chi connectivity index (χ0v) is 14.7. The third-order valence-corrected chi connectivity index (χ3v) is 5.21. The average molecular weight is 302 g/mol. The number of carbonyl (C=O) groups is 1. The Labute approximate surface area is 135 Å². The van der Waals surface area contributed by atoms with E-state index in [1.54, 1.807) is 6.92 Å². The van der Waals surface area contributed by atoms with Crippen molar-refractivity contribution in [2.24, 2.45) is 5.92 Å². The van der Waals surface area contributed by atoms with E-state index in [2.05, 4.69) is 45.1 Å². The fourth-order valence-electron chi connectivity index (χ4n) is 3.45. The predicted octanol–water partition coefficient (Wildman–Crippen LogP) is 3.35. The summed E-state index contributed by atoms with van der Waals surface area (Å²) in [6, 6.07) is 5.10. The standard InChI is InChI=1S/C19H30N2O/c1-6-17-12-21(16(5)22)8-7-19(17)20-11-18-10-14(3)13(2)9-15(18)4/h9-10,17,19-20H,6-8,11-12H2,1-5H3. The minimum Gasteiger partial charge on any atom is -0.343 e. The summed E-state index contributed by atoms with van der Waals surface area (Å²) in [5, 5.41) is 3.75. The molecular weight excluding hydrogens is 272 g/mol. The third-order valence-electron chi connectivity index (χ3n) is 5.21. The van der Waals surface area contributed by atoms with Gasteiger partial charge in [-0.2, -0.15) is 0 Å². The fourth-order valence-corrected chi connectivity index (χ4v) is 3.45. The molecule has 1 aromatic rings. The molecule has 1 saturated heterocycles. The van der Waals surface area contributed by atoms with Gasteiger partial charge in [-0.25, -0.2) is 0 Å². The molecule has 1 amide bonds. The van der Waals surface area contributed by atoms with Crippen molar-refractivity contribution in [1.29, 1.82) is 0 Å². The van der Waals surface area contributed by atoms with Crippen LogP contribution < -0.4 is 5.32 Å². The maximum Gasteiger partial charge on any atom is 0.219 e. The molecule has 0 saturated carbocycles. The van der Waals surface area contributed by atoms with E-state index in [1.165, 1.54) is 22.3 Å². The molecule has 2 unspecified atom stereocenters. The number of hydrogen-bond donors (Lipinski definition) is 1. The van der Waals surface area contributed by atoms with Crippen LogP contribution in [0.25, 0.3) is 0 Å². The lowest BCUT2D eigenvalue weighted by atomic mass is 9.89. The molecular formula is C19H30N2O. The van der Waals surface area contributed by atoms with Crippen molar-refractivity contribution in [3.63, 3.8) is 0 Å². The smallest absolute Gasteiger partial charge is 0.219 e. The molecule has 22 heavy (non-hydrogen) atoms. The van der Waals surface area contributed by atoms with Gasteiger partial charge in [-0.15, -0.1) is 0 Å². The molecule has 0 bridgehead atoms. The average Bonchev–Trinajstić information content (AvgIpc) is 2.49. The number of benzene rings is 1. The summed E-state index contributed by atoms with van der Waals surface area (Å²) in [5.74, 6) is 0.770. The maximum atomic E-state index is 11.6. The summed E-state index contributed by atoms with van der Waals surface area (Å²) in [6.07, 6.45) is 2.18. The largest absolute Gasteiger partial charge is 0.343 e. The van der Waals surface area contributed by atoms with E-state index in [4.69, 9.17) is 0 Å². The van der Waals surface area contributed by atoms with Crippen LogP contribution in [0, 0.1) is 26.7 Å². The summed E-state index contributed by atoms with van der Waals surface area (Å²) in [6.45, 7) is 13.2. The molecule has 2 atom stereocenters. The number of piperidine rings is 1. The normalized spacial score (nSPS) is 22.0. The lowest BCUT2D eigenvalue weighted by Gasteiger charge is -2.38. The number of carbonyl (C=O) groups excluding carboxylic acids is 1. The van der Waals surface area contributed by atoms with Gasteiger partial charge in [0.25, 0.3) is 0 Å². The number of rotatable bonds is 4. The number of amides is 1. The number of nitrogens with zero attached hydrogens (tertiary/aromatic N) is 1. The highest BCUT2D eigenvalue weighted by Gasteiger charge is 2.28. The summed E-state index contributed by atoms with van der Waals surface area (Å²) in [4.78, 5) is 13.6. The van der Waals surface area contributed by atoms with Crippen molar-refractivity contribution in [3.8, 4) is 0 Å². The van der Waals surface area contributed by atoms with Crippen LogP contribution in [-0.4, -0.2) is 29.9 Å². The second kappa shape index (κ2) is 7.28. The summed E-state index contributed by atoms with van der Waals surface area (Å²) in [7, 11) is 0. The topological polar surface area (TPSA) is 32.3 Å². The second-order valence-corrected chi connectivity index (χ2v) is 6.77. The third kappa shape index (κ3) is 3.89. The van der Waals surface area contributed by atoms with Crippen LogP contribution in [0.2, 0.25) is 0 Å². The number of hydrogen-bond acceptors (Lipinski definition) is 2. The minimum absolute atomic E-state index is 0.210. The molecule has 2 rings (SSSR count). The molecule has 1 heterocycles. The van der Waals surface area contributed by atoms with Crippen molar-refractivity contribution in [2.75, 3.05) is 13.1 Å². The highest BCUT2D eigenvalue weighted by molar-refractivity contribution is 5.73.